The van der Waals surface area contributed by atoms with Crippen LogP contribution in [-0.2, 0) is 10.3 Å². The number of benzene rings is 2. The molecular formula is C23H18FN5O2. The molecule has 0 saturated carbocycles. The van der Waals surface area contributed by atoms with Crippen LogP contribution in [-0.4, -0.2) is 40.4 Å². The van der Waals surface area contributed by atoms with E-state index >= 15 is 0 Å². The van der Waals surface area contributed by atoms with Gasteiger partial charge < -0.3 is 10.5 Å². The van der Waals surface area contributed by atoms with Gasteiger partial charge in [-0.3, -0.25) is 9.69 Å². The molecule has 3 heterocycles. The van der Waals surface area contributed by atoms with Gasteiger partial charge in [-0.05, 0) is 41.0 Å². The topological polar surface area (TPSA) is 93.7 Å². The van der Waals surface area contributed by atoms with Crippen molar-refractivity contribution in [1.29, 1.82) is 0 Å². The summed E-state index contributed by atoms with van der Waals surface area (Å²) in [5.74, 6) is -0.0214. The molecule has 154 valence electrons. The molecule has 3 aromatic rings. The van der Waals surface area contributed by atoms with E-state index < -0.39 is 11.4 Å². The standard InChI is InChI=1S/C23H18FN5O2/c1-13-11-31-20-6-4-16(7-17(13)20)23(21(30)29(2)22(25)28-23)15-3-5-19(24)18(8-15)14-9-26-12-27-10-14/h3-10,12H,1,11H2,2H3,(H2,25,28). The number of hydrogen-bond acceptors (Lipinski definition) is 6. The van der Waals surface area contributed by atoms with Gasteiger partial charge in [0.05, 0.1) is 0 Å². The Labute approximate surface area is 177 Å². The number of rotatable bonds is 3. The van der Waals surface area contributed by atoms with Crippen LogP contribution in [0.15, 0.2) is 66.7 Å². The van der Waals surface area contributed by atoms with Gasteiger partial charge in [-0.15, -0.1) is 0 Å². The number of hydrogen-bond donors (Lipinski definition) is 1. The van der Waals surface area contributed by atoms with Crippen molar-refractivity contribution in [3.63, 3.8) is 0 Å². The van der Waals surface area contributed by atoms with Gasteiger partial charge in [0, 0.05) is 36.1 Å². The summed E-state index contributed by atoms with van der Waals surface area (Å²) in [6.45, 7) is 4.42. The molecular weight excluding hydrogens is 397 g/mol. The zero-order chi connectivity index (χ0) is 21.8. The monoisotopic (exact) mass is 415 g/mol. The predicted octanol–water partition coefficient (Wildman–Crippen LogP) is 2.72. The maximum absolute atomic E-state index is 14.7. The van der Waals surface area contributed by atoms with Crippen molar-refractivity contribution >= 4 is 17.4 Å². The highest BCUT2D eigenvalue weighted by Crippen LogP contribution is 2.44. The van der Waals surface area contributed by atoms with Crippen LogP contribution in [0.25, 0.3) is 16.7 Å². The summed E-state index contributed by atoms with van der Waals surface area (Å²) < 4.78 is 20.3. The fraction of sp³-hybridized carbons (Fsp3) is 0.130. The summed E-state index contributed by atoms with van der Waals surface area (Å²) in [5, 5.41) is 0. The second-order valence-electron chi connectivity index (χ2n) is 7.47. The number of halogens is 1. The number of carbonyl (C=O) groups is 1. The maximum atomic E-state index is 14.7. The number of nitrogens with two attached hydrogens (primary N) is 1. The molecule has 0 radical (unpaired) electrons. The van der Waals surface area contributed by atoms with Crippen molar-refractivity contribution < 1.29 is 13.9 Å². The average molecular weight is 415 g/mol. The second-order valence-corrected chi connectivity index (χ2v) is 7.47. The fourth-order valence-electron chi connectivity index (χ4n) is 3.99. The van der Waals surface area contributed by atoms with Crippen LogP contribution in [0.4, 0.5) is 4.39 Å². The smallest absolute Gasteiger partial charge is 0.266 e. The van der Waals surface area contributed by atoms with Gasteiger partial charge in [-0.2, -0.15) is 0 Å². The number of fused-ring (bicyclic) bond motifs is 1. The third-order valence-electron chi connectivity index (χ3n) is 5.68. The Bertz CT molecular complexity index is 1270. The zero-order valence-electron chi connectivity index (χ0n) is 16.7. The average Bonchev–Trinajstić information content (AvgIpc) is 3.27. The number of ether oxygens (including phenoxy) is 1. The summed E-state index contributed by atoms with van der Waals surface area (Å²) in [6.07, 6.45) is 4.39. The first-order chi connectivity index (χ1) is 14.9. The molecule has 0 bridgehead atoms. The van der Waals surface area contributed by atoms with Gasteiger partial charge in [0.25, 0.3) is 5.91 Å². The van der Waals surface area contributed by atoms with Crippen molar-refractivity contribution in [2.24, 2.45) is 10.7 Å². The number of aromatic nitrogens is 2. The van der Waals surface area contributed by atoms with Gasteiger partial charge >= 0.3 is 0 Å². The fourth-order valence-corrected chi connectivity index (χ4v) is 3.99. The van der Waals surface area contributed by atoms with E-state index in [4.69, 9.17) is 10.5 Å². The minimum Gasteiger partial charge on any atom is -0.488 e. The van der Waals surface area contributed by atoms with Crippen LogP contribution in [0.3, 0.4) is 0 Å². The SMILES string of the molecule is C=C1COc2ccc(C3(c4ccc(F)c(-c5cncnc5)c4)N=C(N)N(C)C3=O)cc21. The molecule has 1 atom stereocenters. The molecule has 7 nitrogen and oxygen atoms in total. The number of nitrogens with zero attached hydrogens (tertiary/aromatic N) is 4. The van der Waals surface area contributed by atoms with E-state index in [-0.39, 0.29) is 17.4 Å². The molecule has 1 unspecified atom stereocenters. The molecule has 0 fully saturated rings. The Morgan fingerprint density at radius 2 is 1.81 bits per heavy atom. The van der Waals surface area contributed by atoms with Crippen LogP contribution >= 0.6 is 0 Å². The Balaban J connectivity index is 1.76. The highest BCUT2D eigenvalue weighted by atomic mass is 19.1. The largest absolute Gasteiger partial charge is 0.488 e. The second kappa shape index (κ2) is 6.73. The molecule has 0 aliphatic carbocycles. The highest BCUT2D eigenvalue weighted by Gasteiger charge is 2.50. The lowest BCUT2D eigenvalue weighted by molar-refractivity contribution is -0.129. The summed E-state index contributed by atoms with van der Waals surface area (Å²) in [6, 6.07) is 9.87. The Morgan fingerprint density at radius 1 is 1.13 bits per heavy atom. The van der Waals surface area contributed by atoms with Crippen LogP contribution in [0.1, 0.15) is 16.7 Å². The molecule has 2 aromatic carbocycles. The minimum absolute atomic E-state index is 0.0782. The third kappa shape index (κ3) is 2.72. The maximum Gasteiger partial charge on any atom is 0.266 e. The number of amides is 1. The van der Waals surface area contributed by atoms with Crippen molar-refractivity contribution in [2.75, 3.05) is 13.7 Å². The zero-order valence-corrected chi connectivity index (χ0v) is 16.7. The predicted molar refractivity (Wildman–Crippen MR) is 114 cm³/mol. The van der Waals surface area contributed by atoms with Gasteiger partial charge in [0.1, 0.15) is 24.5 Å². The Kier molecular flexibility index (Phi) is 4.11. The molecule has 1 amide bonds. The summed E-state index contributed by atoms with van der Waals surface area (Å²) in [4.78, 5) is 27.3. The van der Waals surface area contributed by atoms with E-state index in [1.807, 2.05) is 6.07 Å². The molecule has 8 heteroatoms. The Hall–Kier alpha value is -4.07. The van der Waals surface area contributed by atoms with Gasteiger partial charge in [0.15, 0.2) is 11.5 Å². The lowest BCUT2D eigenvalue weighted by Crippen LogP contribution is -2.41. The molecule has 0 spiro atoms. The van der Waals surface area contributed by atoms with Gasteiger partial charge in [0.2, 0.25) is 0 Å². The van der Waals surface area contributed by atoms with Crippen molar-refractivity contribution in [3.05, 3.63) is 84.2 Å². The van der Waals surface area contributed by atoms with E-state index in [1.54, 1.807) is 31.3 Å². The van der Waals surface area contributed by atoms with Crippen molar-refractivity contribution in [2.45, 2.75) is 5.54 Å². The summed E-state index contributed by atoms with van der Waals surface area (Å²) in [7, 11) is 1.56. The number of aliphatic imine (C=N–C) groups is 1. The first-order valence-electron chi connectivity index (χ1n) is 9.56. The van der Waals surface area contributed by atoms with Gasteiger partial charge in [-0.1, -0.05) is 18.7 Å². The van der Waals surface area contributed by atoms with Crippen LogP contribution < -0.4 is 10.5 Å². The Morgan fingerprint density at radius 3 is 2.48 bits per heavy atom. The first-order valence-corrected chi connectivity index (χ1v) is 9.56. The third-order valence-corrected chi connectivity index (χ3v) is 5.68. The normalized spacial score (nSPS) is 19.9. The minimum atomic E-state index is -1.46. The highest BCUT2D eigenvalue weighted by molar-refractivity contribution is 6.09. The molecule has 2 aliphatic rings. The van der Waals surface area contributed by atoms with E-state index in [2.05, 4.69) is 21.5 Å². The lowest BCUT2D eigenvalue weighted by atomic mass is 9.81. The van der Waals surface area contributed by atoms with Crippen molar-refractivity contribution in [3.8, 4) is 16.9 Å². The van der Waals surface area contributed by atoms with Crippen LogP contribution in [0.5, 0.6) is 5.75 Å². The summed E-state index contributed by atoms with van der Waals surface area (Å²) >= 11 is 0. The quantitative estimate of drug-likeness (QED) is 0.710. The van der Waals surface area contributed by atoms with E-state index in [9.17, 15) is 9.18 Å². The van der Waals surface area contributed by atoms with E-state index in [1.165, 1.54) is 29.7 Å². The van der Waals surface area contributed by atoms with E-state index in [0.717, 1.165) is 11.1 Å². The number of carbonyl (C=O) groups excluding carboxylic acids is 1. The molecule has 2 N–H and O–H groups in total. The van der Waals surface area contributed by atoms with Crippen LogP contribution in [0.2, 0.25) is 0 Å². The molecule has 0 saturated heterocycles. The molecule has 1 aromatic heterocycles. The number of likely N-dealkylation sites (N-methyl/N-ethyl adjacent to an activating group) is 1. The molecule has 2 aliphatic heterocycles. The van der Waals surface area contributed by atoms with Gasteiger partial charge in [-0.25, -0.2) is 19.4 Å². The first kappa shape index (κ1) is 18.9. The lowest BCUT2D eigenvalue weighted by Gasteiger charge is -2.27. The van der Waals surface area contributed by atoms with E-state index in [0.29, 0.717) is 29.0 Å². The molecule has 31 heavy (non-hydrogen) atoms. The number of guanidine groups is 1. The van der Waals surface area contributed by atoms with Crippen molar-refractivity contribution in [1.82, 2.24) is 14.9 Å². The molecule has 5 rings (SSSR count). The van der Waals surface area contributed by atoms with Crippen LogP contribution in [0, 0.1) is 5.82 Å². The summed E-state index contributed by atoms with van der Waals surface area (Å²) in [5.41, 5.74) is 8.05.